The van der Waals surface area contributed by atoms with Gasteiger partial charge in [0.25, 0.3) is 0 Å². The van der Waals surface area contributed by atoms with Crippen LogP contribution in [0.25, 0.3) is 0 Å². The number of amidine groups is 1. The zero-order valence-electron chi connectivity index (χ0n) is 10.2. The molecule has 0 radical (unpaired) electrons. The molecule has 0 unspecified atom stereocenters. The van der Waals surface area contributed by atoms with Crippen molar-refractivity contribution in [2.24, 2.45) is 10.8 Å². The maximum Gasteiger partial charge on any atom is 0.124 e. The first-order valence-corrected chi connectivity index (χ1v) is 6.92. The van der Waals surface area contributed by atoms with Gasteiger partial charge in [-0.2, -0.15) is 5.10 Å². The van der Waals surface area contributed by atoms with Crippen molar-refractivity contribution < 1.29 is 0 Å². The quantitative estimate of drug-likeness (QED) is 0.684. The summed E-state index contributed by atoms with van der Waals surface area (Å²) in [5.74, 6) is 0.621. The second-order valence-corrected chi connectivity index (χ2v) is 5.35. The molecule has 2 N–H and O–H groups in total. The lowest BCUT2D eigenvalue weighted by Gasteiger charge is -2.24. The number of halogens is 2. The normalized spacial score (nSPS) is 17.0. The fourth-order valence-corrected chi connectivity index (χ4v) is 2.37. The summed E-state index contributed by atoms with van der Waals surface area (Å²) >= 11 is 11.8. The molecule has 0 bridgehead atoms. The fraction of sp³-hybridized carbons (Fsp3) is 0.462. The maximum atomic E-state index is 5.97. The SMILES string of the molecule is N/C(Cc1ccc(Cl)c(Cl)c1)=N\N1CCCCC1. The Labute approximate surface area is 118 Å². The summed E-state index contributed by atoms with van der Waals surface area (Å²) in [6.07, 6.45) is 4.29. The molecule has 3 nitrogen and oxygen atoms in total. The molecule has 0 spiro atoms. The summed E-state index contributed by atoms with van der Waals surface area (Å²) in [6.45, 7) is 2.00. The van der Waals surface area contributed by atoms with Gasteiger partial charge in [0, 0.05) is 19.5 Å². The zero-order chi connectivity index (χ0) is 13.0. The van der Waals surface area contributed by atoms with Crippen LogP contribution in [0, 0.1) is 0 Å². The van der Waals surface area contributed by atoms with Crippen molar-refractivity contribution in [1.82, 2.24) is 5.01 Å². The number of hydrogen-bond acceptors (Lipinski definition) is 2. The summed E-state index contributed by atoms with van der Waals surface area (Å²) in [4.78, 5) is 0. The molecule has 18 heavy (non-hydrogen) atoms. The summed E-state index contributed by atoms with van der Waals surface area (Å²) in [5, 5.41) is 7.60. The smallest absolute Gasteiger partial charge is 0.124 e. The summed E-state index contributed by atoms with van der Waals surface area (Å²) in [6, 6.07) is 5.54. The topological polar surface area (TPSA) is 41.6 Å². The molecule has 0 amide bonds. The van der Waals surface area contributed by atoms with E-state index in [0.717, 1.165) is 18.7 Å². The Balaban J connectivity index is 1.98. The Morgan fingerprint density at radius 1 is 1.17 bits per heavy atom. The molecule has 1 aliphatic heterocycles. The zero-order valence-corrected chi connectivity index (χ0v) is 11.7. The molecule has 1 aromatic carbocycles. The summed E-state index contributed by atoms with van der Waals surface area (Å²) < 4.78 is 0. The van der Waals surface area contributed by atoms with E-state index < -0.39 is 0 Å². The number of nitrogens with two attached hydrogens (primary N) is 1. The Morgan fingerprint density at radius 3 is 2.56 bits per heavy atom. The molecule has 0 saturated carbocycles. The largest absolute Gasteiger partial charge is 0.385 e. The van der Waals surface area contributed by atoms with Gasteiger partial charge in [0.15, 0.2) is 0 Å². The number of rotatable bonds is 3. The van der Waals surface area contributed by atoms with Gasteiger partial charge in [-0.1, -0.05) is 29.3 Å². The van der Waals surface area contributed by atoms with Crippen LogP contribution in [-0.4, -0.2) is 23.9 Å². The third kappa shape index (κ3) is 3.79. The van der Waals surface area contributed by atoms with Crippen LogP contribution < -0.4 is 5.73 Å². The van der Waals surface area contributed by atoms with E-state index in [9.17, 15) is 0 Å². The second kappa shape index (κ2) is 6.30. The van der Waals surface area contributed by atoms with E-state index in [4.69, 9.17) is 28.9 Å². The van der Waals surface area contributed by atoms with Crippen molar-refractivity contribution in [1.29, 1.82) is 0 Å². The van der Waals surface area contributed by atoms with E-state index in [-0.39, 0.29) is 0 Å². The number of benzene rings is 1. The Morgan fingerprint density at radius 2 is 1.89 bits per heavy atom. The first kappa shape index (κ1) is 13.5. The van der Waals surface area contributed by atoms with Gasteiger partial charge in [-0.3, -0.25) is 5.01 Å². The first-order valence-electron chi connectivity index (χ1n) is 6.17. The maximum absolute atomic E-state index is 5.97. The lowest BCUT2D eigenvalue weighted by Crippen LogP contribution is -2.29. The van der Waals surface area contributed by atoms with Crippen LogP contribution in [0.1, 0.15) is 24.8 Å². The number of hydrazone groups is 1. The van der Waals surface area contributed by atoms with Gasteiger partial charge in [-0.05, 0) is 37.0 Å². The van der Waals surface area contributed by atoms with Crippen LogP contribution in [-0.2, 0) is 6.42 Å². The van der Waals surface area contributed by atoms with Gasteiger partial charge in [0.2, 0.25) is 0 Å². The molecule has 1 aliphatic rings. The van der Waals surface area contributed by atoms with Crippen LogP contribution in [0.5, 0.6) is 0 Å². The predicted molar refractivity (Wildman–Crippen MR) is 77.2 cm³/mol. The summed E-state index contributed by atoms with van der Waals surface area (Å²) in [5.41, 5.74) is 6.99. The lowest BCUT2D eigenvalue weighted by molar-refractivity contribution is 0.238. The van der Waals surface area contributed by atoms with Crippen molar-refractivity contribution >= 4 is 29.0 Å². The highest BCUT2D eigenvalue weighted by atomic mass is 35.5. The standard InChI is InChI=1S/C13H17Cl2N3/c14-11-5-4-10(8-12(11)15)9-13(16)17-18-6-2-1-3-7-18/h4-5,8H,1-3,6-7,9H2,(H2,16,17). The van der Waals surface area contributed by atoms with Crippen molar-refractivity contribution in [3.05, 3.63) is 33.8 Å². The molecule has 1 aromatic rings. The lowest BCUT2D eigenvalue weighted by atomic mass is 10.1. The highest BCUT2D eigenvalue weighted by Gasteiger charge is 2.08. The first-order chi connectivity index (χ1) is 8.65. The molecule has 98 valence electrons. The average molecular weight is 286 g/mol. The summed E-state index contributed by atoms with van der Waals surface area (Å²) in [7, 11) is 0. The molecule has 0 aliphatic carbocycles. The van der Waals surface area contributed by atoms with E-state index in [1.807, 2.05) is 12.1 Å². The molecule has 1 heterocycles. The van der Waals surface area contributed by atoms with E-state index in [1.54, 1.807) is 6.07 Å². The molecule has 2 rings (SSSR count). The van der Waals surface area contributed by atoms with Crippen molar-refractivity contribution in [2.45, 2.75) is 25.7 Å². The minimum atomic E-state index is 0.555. The molecular formula is C13H17Cl2N3. The van der Waals surface area contributed by atoms with Crippen LogP contribution in [0.4, 0.5) is 0 Å². The monoisotopic (exact) mass is 285 g/mol. The van der Waals surface area contributed by atoms with Crippen molar-refractivity contribution in [3.8, 4) is 0 Å². The Hall–Kier alpha value is -0.930. The number of nitrogens with zero attached hydrogens (tertiary/aromatic N) is 2. The highest BCUT2D eigenvalue weighted by molar-refractivity contribution is 6.42. The Kier molecular flexibility index (Phi) is 4.72. The van der Waals surface area contributed by atoms with E-state index in [1.165, 1.54) is 19.3 Å². The molecule has 0 aromatic heterocycles. The predicted octanol–water partition coefficient (Wildman–Crippen LogP) is 3.29. The fourth-order valence-electron chi connectivity index (χ4n) is 2.05. The van der Waals surface area contributed by atoms with Gasteiger partial charge in [-0.15, -0.1) is 0 Å². The van der Waals surface area contributed by atoms with Crippen LogP contribution in [0.2, 0.25) is 10.0 Å². The highest BCUT2D eigenvalue weighted by Crippen LogP contribution is 2.22. The van der Waals surface area contributed by atoms with Gasteiger partial charge >= 0.3 is 0 Å². The van der Waals surface area contributed by atoms with Crippen LogP contribution in [0.15, 0.2) is 23.3 Å². The van der Waals surface area contributed by atoms with Gasteiger partial charge in [0.05, 0.1) is 10.0 Å². The minimum Gasteiger partial charge on any atom is -0.385 e. The number of piperidine rings is 1. The van der Waals surface area contributed by atoms with Crippen molar-refractivity contribution in [3.63, 3.8) is 0 Å². The minimum absolute atomic E-state index is 0.555. The van der Waals surface area contributed by atoms with Crippen LogP contribution >= 0.6 is 23.2 Å². The number of hydrogen-bond donors (Lipinski definition) is 1. The average Bonchev–Trinajstić information content (AvgIpc) is 2.35. The molecular weight excluding hydrogens is 269 g/mol. The molecule has 5 heteroatoms. The van der Waals surface area contributed by atoms with E-state index in [2.05, 4.69) is 10.1 Å². The molecule has 1 saturated heterocycles. The molecule has 0 atom stereocenters. The third-order valence-corrected chi connectivity index (χ3v) is 3.71. The van der Waals surface area contributed by atoms with Crippen LogP contribution in [0.3, 0.4) is 0 Å². The Bertz CT molecular complexity index is 440. The molecule has 1 fully saturated rings. The van der Waals surface area contributed by atoms with Gasteiger partial charge < -0.3 is 5.73 Å². The van der Waals surface area contributed by atoms with E-state index in [0.29, 0.717) is 22.3 Å². The van der Waals surface area contributed by atoms with E-state index >= 15 is 0 Å². The second-order valence-electron chi connectivity index (χ2n) is 4.53. The third-order valence-electron chi connectivity index (χ3n) is 2.97. The van der Waals surface area contributed by atoms with Gasteiger partial charge in [0.1, 0.15) is 5.84 Å². The van der Waals surface area contributed by atoms with Gasteiger partial charge in [-0.25, -0.2) is 0 Å². The van der Waals surface area contributed by atoms with Crippen molar-refractivity contribution in [2.75, 3.05) is 13.1 Å².